The first-order valence-corrected chi connectivity index (χ1v) is 5.26. The predicted octanol–water partition coefficient (Wildman–Crippen LogP) is 3.08. The maximum atomic E-state index is 9.89. The standard InChI is InChI=1S/C14H14O3/c1-16-10-7-8-13(15)12(9-10)11-5-3-4-6-14(11)17-2/h3-9,15H,1-2H3. The number of hydrogen-bond donors (Lipinski definition) is 1. The largest absolute Gasteiger partial charge is 0.507 e. The van der Waals surface area contributed by atoms with Gasteiger partial charge in [0.1, 0.15) is 17.2 Å². The van der Waals surface area contributed by atoms with Gasteiger partial charge in [0.05, 0.1) is 14.2 Å². The number of phenolic OH excluding ortho intramolecular Hbond substituents is 1. The van der Waals surface area contributed by atoms with Crippen molar-refractivity contribution in [3.8, 4) is 28.4 Å². The molecule has 2 rings (SSSR count). The van der Waals surface area contributed by atoms with Crippen molar-refractivity contribution < 1.29 is 14.6 Å². The fraction of sp³-hybridized carbons (Fsp3) is 0.143. The SMILES string of the molecule is COc1ccc(O)c(-c2ccccc2OC)c1. The average molecular weight is 230 g/mol. The van der Waals surface area contributed by atoms with E-state index in [9.17, 15) is 5.11 Å². The Morgan fingerprint density at radius 2 is 1.65 bits per heavy atom. The first-order chi connectivity index (χ1) is 8.26. The fourth-order valence-electron chi connectivity index (χ4n) is 1.73. The molecule has 0 radical (unpaired) electrons. The van der Waals surface area contributed by atoms with Crippen LogP contribution in [0.3, 0.4) is 0 Å². The molecule has 88 valence electrons. The minimum Gasteiger partial charge on any atom is -0.507 e. The lowest BCUT2D eigenvalue weighted by molar-refractivity contribution is 0.411. The second-order valence-corrected chi connectivity index (χ2v) is 3.58. The summed E-state index contributed by atoms with van der Waals surface area (Å²) < 4.78 is 10.4. The Balaban J connectivity index is 2.59. The highest BCUT2D eigenvalue weighted by molar-refractivity contribution is 5.76. The van der Waals surface area contributed by atoms with Gasteiger partial charge in [-0.2, -0.15) is 0 Å². The van der Waals surface area contributed by atoms with E-state index in [0.29, 0.717) is 11.3 Å². The molecule has 0 saturated heterocycles. The van der Waals surface area contributed by atoms with Crippen LogP contribution < -0.4 is 9.47 Å². The molecule has 2 aromatic rings. The van der Waals surface area contributed by atoms with Crippen LogP contribution >= 0.6 is 0 Å². The summed E-state index contributed by atoms with van der Waals surface area (Å²) in [5, 5.41) is 9.89. The summed E-state index contributed by atoms with van der Waals surface area (Å²) in [5.74, 6) is 1.62. The number of hydrogen-bond acceptors (Lipinski definition) is 3. The molecule has 17 heavy (non-hydrogen) atoms. The van der Waals surface area contributed by atoms with Crippen LogP contribution in [0, 0.1) is 0 Å². The normalized spacial score (nSPS) is 10.0. The number of aromatic hydroxyl groups is 1. The van der Waals surface area contributed by atoms with Crippen molar-refractivity contribution in [1.82, 2.24) is 0 Å². The zero-order valence-corrected chi connectivity index (χ0v) is 9.81. The number of benzene rings is 2. The molecule has 0 aliphatic rings. The van der Waals surface area contributed by atoms with E-state index in [1.165, 1.54) is 0 Å². The van der Waals surface area contributed by atoms with Gasteiger partial charge in [0.2, 0.25) is 0 Å². The summed E-state index contributed by atoms with van der Waals surface area (Å²) >= 11 is 0. The number of rotatable bonds is 3. The maximum absolute atomic E-state index is 9.89. The molecule has 1 N–H and O–H groups in total. The maximum Gasteiger partial charge on any atom is 0.126 e. The van der Waals surface area contributed by atoms with Crippen molar-refractivity contribution in [1.29, 1.82) is 0 Å². The second-order valence-electron chi connectivity index (χ2n) is 3.58. The Morgan fingerprint density at radius 3 is 2.35 bits per heavy atom. The third kappa shape index (κ3) is 2.18. The highest BCUT2D eigenvalue weighted by Crippen LogP contribution is 2.37. The lowest BCUT2D eigenvalue weighted by atomic mass is 10.0. The molecule has 0 spiro atoms. The van der Waals surface area contributed by atoms with E-state index in [1.807, 2.05) is 24.3 Å². The Bertz CT molecular complexity index is 521. The summed E-state index contributed by atoms with van der Waals surface area (Å²) in [6.45, 7) is 0. The van der Waals surface area contributed by atoms with Crippen molar-refractivity contribution in [2.75, 3.05) is 14.2 Å². The number of para-hydroxylation sites is 1. The molecule has 0 fully saturated rings. The van der Waals surface area contributed by atoms with Crippen molar-refractivity contribution in [2.45, 2.75) is 0 Å². The molecule has 0 atom stereocenters. The minimum absolute atomic E-state index is 0.204. The molecule has 0 saturated carbocycles. The van der Waals surface area contributed by atoms with Gasteiger partial charge in [-0.05, 0) is 24.3 Å². The minimum atomic E-state index is 0.204. The number of ether oxygens (including phenoxy) is 2. The van der Waals surface area contributed by atoms with Gasteiger partial charge in [0.25, 0.3) is 0 Å². The van der Waals surface area contributed by atoms with Crippen LogP contribution in [-0.2, 0) is 0 Å². The van der Waals surface area contributed by atoms with Crippen molar-refractivity contribution >= 4 is 0 Å². The summed E-state index contributed by atoms with van der Waals surface area (Å²) in [4.78, 5) is 0. The third-order valence-electron chi connectivity index (χ3n) is 2.60. The van der Waals surface area contributed by atoms with E-state index >= 15 is 0 Å². The average Bonchev–Trinajstić information content (AvgIpc) is 2.39. The van der Waals surface area contributed by atoms with Gasteiger partial charge in [-0.1, -0.05) is 18.2 Å². The van der Waals surface area contributed by atoms with E-state index in [0.717, 1.165) is 11.3 Å². The van der Waals surface area contributed by atoms with Crippen LogP contribution in [-0.4, -0.2) is 19.3 Å². The van der Waals surface area contributed by atoms with E-state index in [-0.39, 0.29) is 5.75 Å². The molecule has 0 aliphatic carbocycles. The molecular weight excluding hydrogens is 216 g/mol. The zero-order chi connectivity index (χ0) is 12.3. The molecule has 0 bridgehead atoms. The second kappa shape index (κ2) is 4.78. The van der Waals surface area contributed by atoms with E-state index in [2.05, 4.69) is 0 Å². The molecule has 0 unspecified atom stereocenters. The topological polar surface area (TPSA) is 38.7 Å². The zero-order valence-electron chi connectivity index (χ0n) is 9.81. The molecule has 0 amide bonds. The molecule has 3 heteroatoms. The van der Waals surface area contributed by atoms with Crippen molar-refractivity contribution in [3.63, 3.8) is 0 Å². The van der Waals surface area contributed by atoms with Crippen molar-refractivity contribution in [3.05, 3.63) is 42.5 Å². The van der Waals surface area contributed by atoms with Gasteiger partial charge in [-0.25, -0.2) is 0 Å². The third-order valence-corrected chi connectivity index (χ3v) is 2.60. The van der Waals surface area contributed by atoms with Crippen LogP contribution in [0.5, 0.6) is 17.2 Å². The molecular formula is C14H14O3. The molecule has 0 aromatic heterocycles. The van der Waals surface area contributed by atoms with Crippen LogP contribution in [0.1, 0.15) is 0 Å². The molecule has 0 heterocycles. The smallest absolute Gasteiger partial charge is 0.126 e. The van der Waals surface area contributed by atoms with E-state index in [1.54, 1.807) is 32.4 Å². The van der Waals surface area contributed by atoms with Gasteiger partial charge < -0.3 is 14.6 Å². The fourth-order valence-corrected chi connectivity index (χ4v) is 1.73. The van der Waals surface area contributed by atoms with Crippen LogP contribution in [0.4, 0.5) is 0 Å². The number of phenols is 1. The quantitative estimate of drug-likeness (QED) is 0.880. The van der Waals surface area contributed by atoms with Gasteiger partial charge >= 0.3 is 0 Å². The summed E-state index contributed by atoms with van der Waals surface area (Å²) in [7, 11) is 3.20. The molecule has 3 nitrogen and oxygen atoms in total. The summed E-state index contributed by atoms with van der Waals surface area (Å²) in [6, 6.07) is 12.7. The van der Waals surface area contributed by atoms with Gasteiger partial charge in [0.15, 0.2) is 0 Å². The van der Waals surface area contributed by atoms with Crippen LogP contribution in [0.2, 0.25) is 0 Å². The highest BCUT2D eigenvalue weighted by Gasteiger charge is 2.10. The van der Waals surface area contributed by atoms with E-state index < -0.39 is 0 Å². The molecule has 2 aromatic carbocycles. The van der Waals surface area contributed by atoms with Gasteiger partial charge in [0, 0.05) is 11.1 Å². The summed E-state index contributed by atoms with van der Waals surface area (Å²) in [6.07, 6.45) is 0. The van der Waals surface area contributed by atoms with Crippen LogP contribution in [0.25, 0.3) is 11.1 Å². The Hall–Kier alpha value is -2.16. The first-order valence-electron chi connectivity index (χ1n) is 5.26. The predicted molar refractivity (Wildman–Crippen MR) is 66.6 cm³/mol. The van der Waals surface area contributed by atoms with Crippen molar-refractivity contribution in [2.24, 2.45) is 0 Å². The molecule has 0 aliphatic heterocycles. The van der Waals surface area contributed by atoms with E-state index in [4.69, 9.17) is 9.47 Å². The number of methoxy groups -OCH3 is 2. The lowest BCUT2D eigenvalue weighted by Crippen LogP contribution is -1.89. The highest BCUT2D eigenvalue weighted by atomic mass is 16.5. The Morgan fingerprint density at radius 1 is 0.882 bits per heavy atom. The van der Waals surface area contributed by atoms with Crippen LogP contribution in [0.15, 0.2) is 42.5 Å². The lowest BCUT2D eigenvalue weighted by Gasteiger charge is -2.11. The van der Waals surface area contributed by atoms with Gasteiger partial charge in [-0.15, -0.1) is 0 Å². The summed E-state index contributed by atoms with van der Waals surface area (Å²) in [5.41, 5.74) is 1.54. The Labute approximate surface area is 100 Å². The van der Waals surface area contributed by atoms with Gasteiger partial charge in [-0.3, -0.25) is 0 Å². The Kier molecular flexibility index (Phi) is 3.19. The first kappa shape index (κ1) is 11.3. The monoisotopic (exact) mass is 230 g/mol.